The lowest BCUT2D eigenvalue weighted by atomic mass is 9.99. The SMILES string of the molecule is NS(=O)(=O)c1ccc(-c2c(-c3cccc(Br)c3)noc2CF)cc1F. The Morgan fingerprint density at radius 2 is 1.92 bits per heavy atom. The second-order valence-corrected chi connectivity index (χ2v) is 7.61. The lowest BCUT2D eigenvalue weighted by Crippen LogP contribution is -2.13. The van der Waals surface area contributed by atoms with Crippen LogP contribution in [-0.2, 0) is 16.7 Å². The normalized spacial score (nSPS) is 11.7. The van der Waals surface area contributed by atoms with E-state index in [1.807, 2.05) is 0 Å². The molecule has 0 unspecified atom stereocenters. The second kappa shape index (κ2) is 6.66. The van der Waals surface area contributed by atoms with E-state index >= 15 is 0 Å². The zero-order chi connectivity index (χ0) is 18.2. The summed E-state index contributed by atoms with van der Waals surface area (Å²) in [5.41, 5.74) is 1.43. The van der Waals surface area contributed by atoms with Crippen molar-refractivity contribution < 1.29 is 21.7 Å². The summed E-state index contributed by atoms with van der Waals surface area (Å²) in [6.07, 6.45) is 0. The van der Waals surface area contributed by atoms with Crippen LogP contribution in [0.1, 0.15) is 5.76 Å². The van der Waals surface area contributed by atoms with Gasteiger partial charge in [0, 0.05) is 10.0 Å². The Bertz CT molecular complexity index is 1050. The molecule has 0 aliphatic heterocycles. The first-order chi connectivity index (χ1) is 11.8. The number of nitrogens with zero attached hydrogens (tertiary/aromatic N) is 1. The van der Waals surface area contributed by atoms with E-state index in [9.17, 15) is 17.2 Å². The molecule has 0 atom stereocenters. The third-order valence-corrected chi connectivity index (χ3v) is 4.95. The van der Waals surface area contributed by atoms with Crippen LogP contribution in [0.2, 0.25) is 0 Å². The van der Waals surface area contributed by atoms with Gasteiger partial charge in [-0.2, -0.15) is 0 Å². The van der Waals surface area contributed by atoms with E-state index in [2.05, 4.69) is 21.1 Å². The van der Waals surface area contributed by atoms with Gasteiger partial charge in [-0.15, -0.1) is 0 Å². The van der Waals surface area contributed by atoms with Gasteiger partial charge in [0.25, 0.3) is 0 Å². The number of halogens is 3. The third-order valence-electron chi connectivity index (χ3n) is 3.51. The summed E-state index contributed by atoms with van der Waals surface area (Å²) in [5, 5.41) is 8.83. The zero-order valence-electron chi connectivity index (χ0n) is 12.5. The lowest BCUT2D eigenvalue weighted by molar-refractivity contribution is 0.332. The van der Waals surface area contributed by atoms with Gasteiger partial charge in [0.2, 0.25) is 10.0 Å². The zero-order valence-corrected chi connectivity index (χ0v) is 14.9. The largest absolute Gasteiger partial charge is 0.357 e. The first-order valence-electron chi connectivity index (χ1n) is 6.94. The molecule has 2 aromatic carbocycles. The van der Waals surface area contributed by atoms with Gasteiger partial charge in [-0.1, -0.05) is 39.3 Å². The van der Waals surface area contributed by atoms with Gasteiger partial charge in [-0.25, -0.2) is 22.3 Å². The number of sulfonamides is 1. The first-order valence-corrected chi connectivity index (χ1v) is 9.28. The van der Waals surface area contributed by atoms with Crippen molar-refractivity contribution in [1.82, 2.24) is 5.16 Å². The Kier molecular flexibility index (Phi) is 4.72. The number of rotatable bonds is 4. The number of benzene rings is 2. The molecule has 2 N–H and O–H groups in total. The summed E-state index contributed by atoms with van der Waals surface area (Å²) >= 11 is 3.33. The van der Waals surface area contributed by atoms with Crippen molar-refractivity contribution in [2.24, 2.45) is 5.14 Å². The molecule has 0 amide bonds. The monoisotopic (exact) mass is 428 g/mol. The van der Waals surface area contributed by atoms with Gasteiger partial charge < -0.3 is 4.52 Å². The molecule has 9 heteroatoms. The van der Waals surface area contributed by atoms with Crippen molar-refractivity contribution in [3.8, 4) is 22.4 Å². The molecule has 130 valence electrons. The van der Waals surface area contributed by atoms with Crippen LogP contribution in [0.5, 0.6) is 0 Å². The predicted octanol–water partition coefficient (Wildman–Crippen LogP) is 4.03. The van der Waals surface area contributed by atoms with Crippen LogP contribution in [-0.4, -0.2) is 13.6 Å². The highest BCUT2D eigenvalue weighted by Crippen LogP contribution is 2.36. The van der Waals surface area contributed by atoms with Crippen molar-refractivity contribution in [2.75, 3.05) is 0 Å². The number of alkyl halides is 1. The predicted molar refractivity (Wildman–Crippen MR) is 91.2 cm³/mol. The molecule has 0 spiro atoms. The molecule has 3 aromatic rings. The van der Waals surface area contributed by atoms with Gasteiger partial charge in [0.15, 0.2) is 12.4 Å². The number of aromatic nitrogens is 1. The highest BCUT2D eigenvalue weighted by Gasteiger charge is 2.22. The van der Waals surface area contributed by atoms with Gasteiger partial charge >= 0.3 is 0 Å². The maximum absolute atomic E-state index is 14.2. The molecular formula is C16H11BrF2N2O3S. The molecule has 0 aliphatic carbocycles. The fraction of sp³-hybridized carbons (Fsp3) is 0.0625. The van der Waals surface area contributed by atoms with Crippen molar-refractivity contribution in [1.29, 1.82) is 0 Å². The molecule has 0 fully saturated rings. The van der Waals surface area contributed by atoms with Crippen molar-refractivity contribution in [3.63, 3.8) is 0 Å². The van der Waals surface area contributed by atoms with E-state index in [4.69, 9.17) is 9.66 Å². The minimum Gasteiger partial charge on any atom is -0.357 e. The second-order valence-electron chi connectivity index (χ2n) is 5.16. The molecule has 0 bridgehead atoms. The van der Waals surface area contributed by atoms with E-state index in [-0.39, 0.29) is 16.9 Å². The molecule has 0 saturated heterocycles. The molecule has 0 saturated carbocycles. The van der Waals surface area contributed by atoms with Crippen LogP contribution in [0, 0.1) is 5.82 Å². The first kappa shape index (κ1) is 17.7. The van der Waals surface area contributed by atoms with Crippen LogP contribution < -0.4 is 5.14 Å². The summed E-state index contributed by atoms with van der Waals surface area (Å²) in [6, 6.07) is 10.4. The Hall–Kier alpha value is -2.10. The van der Waals surface area contributed by atoms with Crippen molar-refractivity contribution in [2.45, 2.75) is 11.6 Å². The highest BCUT2D eigenvalue weighted by atomic mass is 79.9. The lowest BCUT2D eigenvalue weighted by Gasteiger charge is -2.06. The van der Waals surface area contributed by atoms with E-state index in [0.29, 0.717) is 11.3 Å². The maximum atomic E-state index is 14.2. The van der Waals surface area contributed by atoms with Crippen molar-refractivity contribution >= 4 is 26.0 Å². The number of hydrogen-bond acceptors (Lipinski definition) is 4. The summed E-state index contributed by atoms with van der Waals surface area (Å²) < 4.78 is 55.9. The van der Waals surface area contributed by atoms with Crippen LogP contribution in [0.25, 0.3) is 22.4 Å². The molecule has 3 rings (SSSR count). The molecule has 0 radical (unpaired) electrons. The van der Waals surface area contributed by atoms with E-state index in [1.54, 1.807) is 24.3 Å². The van der Waals surface area contributed by atoms with Gasteiger partial charge in [-0.05, 0) is 29.8 Å². The molecule has 0 aliphatic rings. The Morgan fingerprint density at radius 3 is 2.52 bits per heavy atom. The Morgan fingerprint density at radius 1 is 1.16 bits per heavy atom. The quantitative estimate of drug-likeness (QED) is 0.679. The molecular weight excluding hydrogens is 418 g/mol. The standard InChI is InChI=1S/C16H11BrF2N2O3S/c17-11-3-1-2-10(6-11)16-15(13(8-18)24-21-16)9-4-5-14(12(19)7-9)25(20,22)23/h1-7H,8H2,(H2,20,22,23). The minimum atomic E-state index is -4.20. The number of hydrogen-bond donors (Lipinski definition) is 1. The van der Waals surface area contributed by atoms with E-state index in [0.717, 1.165) is 16.6 Å². The number of primary sulfonamides is 1. The summed E-state index contributed by atoms with van der Waals surface area (Å²) in [7, 11) is -4.20. The smallest absolute Gasteiger partial charge is 0.240 e. The Labute approximate surface area is 150 Å². The average Bonchev–Trinajstić information content (AvgIpc) is 2.97. The van der Waals surface area contributed by atoms with Gasteiger partial charge in [-0.3, -0.25) is 0 Å². The number of nitrogens with two attached hydrogens (primary N) is 1. The maximum Gasteiger partial charge on any atom is 0.240 e. The Balaban J connectivity index is 2.21. The van der Waals surface area contributed by atoms with Gasteiger partial charge in [0.1, 0.15) is 16.4 Å². The fourth-order valence-corrected chi connectivity index (χ4v) is 3.42. The summed E-state index contributed by atoms with van der Waals surface area (Å²) in [5.74, 6) is -1.12. The van der Waals surface area contributed by atoms with E-state index in [1.165, 1.54) is 6.07 Å². The third kappa shape index (κ3) is 3.48. The van der Waals surface area contributed by atoms with Crippen LogP contribution >= 0.6 is 15.9 Å². The van der Waals surface area contributed by atoms with Crippen LogP contribution in [0.3, 0.4) is 0 Å². The summed E-state index contributed by atoms with van der Waals surface area (Å²) in [4.78, 5) is -0.640. The minimum absolute atomic E-state index is 0.0854. The summed E-state index contributed by atoms with van der Waals surface area (Å²) in [6.45, 7) is -0.950. The van der Waals surface area contributed by atoms with Crippen LogP contribution in [0.15, 0.2) is 56.4 Å². The molecule has 1 aromatic heterocycles. The molecule has 5 nitrogen and oxygen atoms in total. The average molecular weight is 429 g/mol. The molecule has 1 heterocycles. The van der Waals surface area contributed by atoms with Gasteiger partial charge in [0.05, 0.1) is 5.56 Å². The molecule has 25 heavy (non-hydrogen) atoms. The highest BCUT2D eigenvalue weighted by molar-refractivity contribution is 9.10. The van der Waals surface area contributed by atoms with Crippen molar-refractivity contribution in [3.05, 3.63) is 58.5 Å². The topological polar surface area (TPSA) is 86.2 Å². The van der Waals surface area contributed by atoms with Crippen LogP contribution in [0.4, 0.5) is 8.78 Å². The fourth-order valence-electron chi connectivity index (χ4n) is 2.43. The van der Waals surface area contributed by atoms with E-state index < -0.39 is 27.4 Å².